The second-order valence-electron chi connectivity index (χ2n) is 5.12. The number of ether oxygens (including phenoxy) is 1. The van der Waals surface area contributed by atoms with Gasteiger partial charge in [0, 0.05) is 18.9 Å². The van der Waals surface area contributed by atoms with Crippen LogP contribution in [0.3, 0.4) is 0 Å². The molecular weight excluding hydrogens is 254 g/mol. The number of benzene rings is 1. The molecule has 1 aliphatic rings. The SMILES string of the molecule is CCNCC(C)c1nc(C2Cc3ccccc3O2)no1. The van der Waals surface area contributed by atoms with E-state index in [0.29, 0.717) is 11.7 Å². The molecule has 2 aromatic rings. The van der Waals surface area contributed by atoms with E-state index in [1.54, 1.807) is 0 Å². The summed E-state index contributed by atoms with van der Waals surface area (Å²) < 4.78 is 11.2. The minimum Gasteiger partial charge on any atom is -0.482 e. The van der Waals surface area contributed by atoms with E-state index in [-0.39, 0.29) is 12.0 Å². The topological polar surface area (TPSA) is 60.2 Å². The zero-order valence-electron chi connectivity index (χ0n) is 11.8. The average Bonchev–Trinajstić information content (AvgIpc) is 3.10. The molecule has 0 radical (unpaired) electrons. The molecular formula is C15H19N3O2. The Morgan fingerprint density at radius 1 is 1.40 bits per heavy atom. The monoisotopic (exact) mass is 273 g/mol. The molecule has 0 aliphatic carbocycles. The van der Waals surface area contributed by atoms with Crippen molar-refractivity contribution >= 4 is 0 Å². The van der Waals surface area contributed by atoms with Gasteiger partial charge in [-0.1, -0.05) is 37.2 Å². The molecule has 1 aromatic carbocycles. The van der Waals surface area contributed by atoms with Gasteiger partial charge in [0.15, 0.2) is 6.10 Å². The number of rotatable bonds is 5. The van der Waals surface area contributed by atoms with E-state index in [4.69, 9.17) is 9.26 Å². The quantitative estimate of drug-likeness (QED) is 0.906. The van der Waals surface area contributed by atoms with Gasteiger partial charge >= 0.3 is 0 Å². The molecule has 0 fully saturated rings. The second kappa shape index (κ2) is 5.63. The van der Waals surface area contributed by atoms with Crippen LogP contribution in [0.2, 0.25) is 0 Å². The van der Waals surface area contributed by atoms with Crippen molar-refractivity contribution in [2.24, 2.45) is 0 Å². The highest BCUT2D eigenvalue weighted by molar-refractivity contribution is 5.37. The van der Waals surface area contributed by atoms with Crippen LogP contribution in [0, 0.1) is 0 Å². The predicted molar refractivity (Wildman–Crippen MR) is 74.8 cm³/mol. The average molecular weight is 273 g/mol. The summed E-state index contributed by atoms with van der Waals surface area (Å²) in [4.78, 5) is 4.49. The highest BCUT2D eigenvalue weighted by Gasteiger charge is 2.28. The molecule has 0 saturated heterocycles. The van der Waals surface area contributed by atoms with Crippen molar-refractivity contribution < 1.29 is 9.26 Å². The Labute approximate surface area is 118 Å². The van der Waals surface area contributed by atoms with Crippen molar-refractivity contribution in [2.75, 3.05) is 13.1 Å². The normalized spacial score (nSPS) is 18.6. The van der Waals surface area contributed by atoms with Gasteiger partial charge in [-0.15, -0.1) is 0 Å². The molecule has 0 bridgehead atoms. The first kappa shape index (κ1) is 13.1. The Kier molecular flexibility index (Phi) is 3.69. The number of hydrogen-bond acceptors (Lipinski definition) is 5. The maximum absolute atomic E-state index is 5.87. The van der Waals surface area contributed by atoms with E-state index in [2.05, 4.69) is 35.4 Å². The molecule has 0 amide bonds. The molecule has 1 aromatic heterocycles. The van der Waals surface area contributed by atoms with Crippen LogP contribution in [0.15, 0.2) is 28.8 Å². The summed E-state index contributed by atoms with van der Waals surface area (Å²) >= 11 is 0. The molecule has 1 aliphatic heterocycles. The zero-order valence-corrected chi connectivity index (χ0v) is 11.8. The van der Waals surface area contributed by atoms with Crippen LogP contribution in [0.4, 0.5) is 0 Å². The number of aromatic nitrogens is 2. The van der Waals surface area contributed by atoms with Crippen LogP contribution in [0.1, 0.15) is 43.1 Å². The first-order valence-electron chi connectivity index (χ1n) is 7.06. The van der Waals surface area contributed by atoms with Crippen LogP contribution in [0.25, 0.3) is 0 Å². The lowest BCUT2D eigenvalue weighted by molar-refractivity contribution is 0.220. The molecule has 0 spiro atoms. The van der Waals surface area contributed by atoms with Gasteiger partial charge < -0.3 is 14.6 Å². The Bertz CT molecular complexity index is 557. The number of nitrogens with zero attached hydrogens (tertiary/aromatic N) is 2. The molecule has 3 rings (SSSR count). The van der Waals surface area contributed by atoms with Gasteiger partial charge in [0.25, 0.3) is 0 Å². The largest absolute Gasteiger partial charge is 0.482 e. The number of para-hydroxylation sites is 1. The summed E-state index contributed by atoms with van der Waals surface area (Å²) in [6.45, 7) is 5.93. The van der Waals surface area contributed by atoms with Gasteiger partial charge in [0.2, 0.25) is 11.7 Å². The van der Waals surface area contributed by atoms with Gasteiger partial charge in [0.1, 0.15) is 5.75 Å². The number of likely N-dealkylation sites (N-methyl/N-ethyl adjacent to an activating group) is 1. The standard InChI is InChI=1S/C15H19N3O2/c1-3-16-9-10(2)15-17-14(18-20-15)13-8-11-6-4-5-7-12(11)19-13/h4-7,10,13,16H,3,8-9H2,1-2H3. The highest BCUT2D eigenvalue weighted by atomic mass is 16.5. The number of nitrogens with one attached hydrogen (secondary N) is 1. The Morgan fingerprint density at radius 3 is 3.05 bits per heavy atom. The summed E-state index contributed by atoms with van der Waals surface area (Å²) in [5.74, 6) is 2.43. The highest BCUT2D eigenvalue weighted by Crippen LogP contribution is 2.35. The first-order valence-corrected chi connectivity index (χ1v) is 7.06. The second-order valence-corrected chi connectivity index (χ2v) is 5.12. The lowest BCUT2D eigenvalue weighted by Gasteiger charge is -2.06. The van der Waals surface area contributed by atoms with Crippen LogP contribution in [0.5, 0.6) is 5.75 Å². The summed E-state index contributed by atoms with van der Waals surface area (Å²) in [5, 5.41) is 7.35. The van der Waals surface area contributed by atoms with E-state index in [1.807, 2.05) is 18.2 Å². The summed E-state index contributed by atoms with van der Waals surface area (Å²) in [6, 6.07) is 8.04. The van der Waals surface area contributed by atoms with Gasteiger partial charge in [-0.2, -0.15) is 4.98 Å². The van der Waals surface area contributed by atoms with E-state index in [1.165, 1.54) is 5.56 Å². The van der Waals surface area contributed by atoms with E-state index < -0.39 is 0 Å². The summed E-state index contributed by atoms with van der Waals surface area (Å²) in [6.07, 6.45) is 0.674. The molecule has 2 atom stereocenters. The minimum absolute atomic E-state index is 0.128. The van der Waals surface area contributed by atoms with Gasteiger partial charge in [0.05, 0.1) is 0 Å². The van der Waals surface area contributed by atoms with Gasteiger partial charge in [-0.25, -0.2) is 0 Å². The van der Waals surface area contributed by atoms with Crippen molar-refractivity contribution in [3.05, 3.63) is 41.5 Å². The van der Waals surface area contributed by atoms with Crippen molar-refractivity contribution in [1.82, 2.24) is 15.5 Å². The third-order valence-corrected chi connectivity index (χ3v) is 3.51. The van der Waals surface area contributed by atoms with Crippen LogP contribution < -0.4 is 10.1 Å². The maximum atomic E-state index is 5.87. The Hall–Kier alpha value is -1.88. The first-order chi connectivity index (χ1) is 9.78. The maximum Gasteiger partial charge on any atom is 0.230 e. The lowest BCUT2D eigenvalue weighted by atomic mass is 10.1. The molecule has 5 heteroatoms. The van der Waals surface area contributed by atoms with Crippen molar-refractivity contribution in [2.45, 2.75) is 32.3 Å². The molecule has 2 unspecified atom stereocenters. The zero-order chi connectivity index (χ0) is 13.9. The van der Waals surface area contributed by atoms with Gasteiger partial charge in [-0.3, -0.25) is 0 Å². The molecule has 106 valence electrons. The fourth-order valence-corrected chi connectivity index (χ4v) is 2.35. The van der Waals surface area contributed by atoms with Crippen LogP contribution in [-0.2, 0) is 6.42 Å². The fourth-order valence-electron chi connectivity index (χ4n) is 2.35. The van der Waals surface area contributed by atoms with Crippen molar-refractivity contribution in [1.29, 1.82) is 0 Å². The molecule has 20 heavy (non-hydrogen) atoms. The smallest absolute Gasteiger partial charge is 0.230 e. The number of fused-ring (bicyclic) bond motifs is 1. The van der Waals surface area contributed by atoms with Gasteiger partial charge in [-0.05, 0) is 18.2 Å². The van der Waals surface area contributed by atoms with E-state index >= 15 is 0 Å². The predicted octanol–water partition coefficient (Wildman–Crippen LogP) is 2.46. The van der Waals surface area contributed by atoms with E-state index in [9.17, 15) is 0 Å². The summed E-state index contributed by atoms with van der Waals surface area (Å²) in [7, 11) is 0. The Balaban J connectivity index is 1.69. The Morgan fingerprint density at radius 2 is 2.25 bits per heavy atom. The molecule has 5 nitrogen and oxygen atoms in total. The van der Waals surface area contributed by atoms with Crippen molar-refractivity contribution in [3.8, 4) is 5.75 Å². The van der Waals surface area contributed by atoms with E-state index in [0.717, 1.165) is 25.3 Å². The minimum atomic E-state index is -0.128. The summed E-state index contributed by atoms with van der Waals surface area (Å²) in [5.41, 5.74) is 1.20. The molecule has 1 N–H and O–H groups in total. The molecule has 0 saturated carbocycles. The molecule has 2 heterocycles. The third-order valence-electron chi connectivity index (χ3n) is 3.51. The number of hydrogen-bond donors (Lipinski definition) is 1. The van der Waals surface area contributed by atoms with Crippen LogP contribution in [-0.4, -0.2) is 23.2 Å². The third kappa shape index (κ3) is 2.54. The van der Waals surface area contributed by atoms with Crippen LogP contribution >= 0.6 is 0 Å². The van der Waals surface area contributed by atoms with Crippen molar-refractivity contribution in [3.63, 3.8) is 0 Å². The fraction of sp³-hybridized carbons (Fsp3) is 0.467. The lowest BCUT2D eigenvalue weighted by Crippen LogP contribution is -2.19.